The lowest BCUT2D eigenvalue weighted by atomic mass is 9.58. The molecule has 0 fully saturated rings. The molecule has 0 amide bonds. The Morgan fingerprint density at radius 2 is 0.984 bits per heavy atom. The number of benzene rings is 10. The minimum atomic E-state index is -0.624. The Morgan fingerprint density at radius 3 is 1.81 bits per heavy atom. The fourth-order valence-electron chi connectivity index (χ4n) is 11.1. The first kappa shape index (κ1) is 34.4. The lowest BCUT2D eigenvalue weighted by Crippen LogP contribution is -2.36. The highest BCUT2D eigenvalue weighted by molar-refractivity contribution is 6.14. The number of para-hydroxylation sites is 5. The summed E-state index contributed by atoms with van der Waals surface area (Å²) in [7, 11) is 0. The molecule has 2 aromatic heterocycles. The van der Waals surface area contributed by atoms with Crippen molar-refractivity contribution < 1.29 is 9.15 Å². The van der Waals surface area contributed by atoms with Crippen molar-refractivity contribution in [1.82, 2.24) is 4.57 Å². The van der Waals surface area contributed by atoms with Crippen LogP contribution in [0.1, 0.15) is 22.3 Å². The van der Waals surface area contributed by atoms with E-state index in [2.05, 4.69) is 222 Å². The lowest BCUT2D eigenvalue weighted by Gasteiger charge is -2.45. The second-order valence-corrected chi connectivity index (χ2v) is 16.8. The number of ether oxygens (including phenoxy) is 1. The van der Waals surface area contributed by atoms with Gasteiger partial charge >= 0.3 is 0 Å². The Hall–Kier alpha value is -8.34. The van der Waals surface area contributed by atoms with Crippen LogP contribution < -0.4 is 9.64 Å². The van der Waals surface area contributed by atoms with Crippen LogP contribution in [0.15, 0.2) is 223 Å². The fraction of sp³-hybridized carbons (Fsp3) is 0.0169. The molecule has 14 rings (SSSR count). The topological polar surface area (TPSA) is 30.5 Å². The molecule has 10 aromatic carbocycles. The van der Waals surface area contributed by atoms with Crippen molar-refractivity contribution in [1.29, 1.82) is 0 Å². The molecule has 4 nitrogen and oxygen atoms in total. The van der Waals surface area contributed by atoms with Crippen LogP contribution in [0.2, 0.25) is 0 Å². The van der Waals surface area contributed by atoms with Gasteiger partial charge in [0.1, 0.15) is 22.7 Å². The van der Waals surface area contributed by atoms with Gasteiger partial charge < -0.3 is 18.6 Å². The summed E-state index contributed by atoms with van der Waals surface area (Å²) < 4.78 is 15.7. The predicted octanol–water partition coefficient (Wildman–Crippen LogP) is 15.8. The Balaban J connectivity index is 1.09. The van der Waals surface area contributed by atoms with Crippen LogP contribution in [0.5, 0.6) is 11.5 Å². The van der Waals surface area contributed by atoms with Crippen molar-refractivity contribution in [3.8, 4) is 28.3 Å². The molecule has 0 unspecified atom stereocenters. The molecule has 0 radical (unpaired) electrons. The maximum Gasteiger partial charge on any atom is 0.137 e. The van der Waals surface area contributed by atoms with E-state index in [-0.39, 0.29) is 0 Å². The summed E-state index contributed by atoms with van der Waals surface area (Å²) in [5, 5.41) is 7.03. The molecule has 1 aliphatic carbocycles. The third-order valence-electron chi connectivity index (χ3n) is 13.6. The van der Waals surface area contributed by atoms with Crippen LogP contribution in [0.4, 0.5) is 17.1 Å². The second kappa shape index (κ2) is 12.8. The zero-order valence-corrected chi connectivity index (χ0v) is 34.0. The van der Waals surface area contributed by atoms with E-state index >= 15 is 0 Å². The van der Waals surface area contributed by atoms with Crippen LogP contribution >= 0.6 is 0 Å². The summed E-state index contributed by atoms with van der Waals surface area (Å²) in [4.78, 5) is 2.43. The SMILES string of the molecule is c1ccc(-n2c3ccccc3c3ccc(N(c4ccc5c(c4)oc4ccccc45)c4ccc5c6c(cccc46)C4(c6ccccc6Oc6ccccc64)c4ccccc4-5)cc32)cc1. The maximum absolute atomic E-state index is 6.72. The van der Waals surface area contributed by atoms with Crippen molar-refractivity contribution in [2.75, 3.05) is 4.90 Å². The average molecular weight is 805 g/mol. The molecule has 2 aliphatic rings. The molecule has 63 heavy (non-hydrogen) atoms. The van der Waals surface area contributed by atoms with Gasteiger partial charge in [-0.25, -0.2) is 0 Å². The van der Waals surface area contributed by atoms with E-state index in [0.717, 1.165) is 78.2 Å². The van der Waals surface area contributed by atoms with Crippen LogP contribution in [0, 0.1) is 0 Å². The van der Waals surface area contributed by atoms with Gasteiger partial charge in [0.15, 0.2) is 0 Å². The smallest absolute Gasteiger partial charge is 0.137 e. The molecule has 4 heteroatoms. The molecule has 0 atom stereocenters. The van der Waals surface area contributed by atoms with Gasteiger partial charge in [0.25, 0.3) is 0 Å². The number of anilines is 3. The Bertz CT molecular complexity index is 3810. The molecule has 0 bridgehead atoms. The van der Waals surface area contributed by atoms with E-state index in [4.69, 9.17) is 9.15 Å². The van der Waals surface area contributed by atoms with Crippen molar-refractivity contribution in [2.24, 2.45) is 0 Å². The number of furan rings is 1. The Kier molecular flexibility index (Phi) is 7.01. The normalized spacial score (nSPS) is 13.3. The van der Waals surface area contributed by atoms with Crippen LogP contribution in [0.25, 0.3) is 71.3 Å². The van der Waals surface area contributed by atoms with Gasteiger partial charge in [0.05, 0.1) is 22.1 Å². The van der Waals surface area contributed by atoms with Crippen molar-refractivity contribution in [2.45, 2.75) is 5.41 Å². The van der Waals surface area contributed by atoms with Gasteiger partial charge in [-0.3, -0.25) is 0 Å². The molecular formula is C59H36N2O2. The average Bonchev–Trinajstić information content (AvgIpc) is 3.88. The zero-order chi connectivity index (χ0) is 41.2. The van der Waals surface area contributed by atoms with Crippen molar-refractivity contribution in [3.63, 3.8) is 0 Å². The maximum atomic E-state index is 6.72. The standard InChI is InChI=1S/C59H36N2O2/c1-2-15-37(16-3-1)61-51-25-10-5-18-41(51)42-31-29-38(35-53(42)61)60(39-30-32-44-43-19-6-11-26-54(43)62-57(44)36-39)52-34-33-45-40-17-4-7-21-47(40)59(50-24-14-20-46(52)58(45)50)48-22-8-12-27-55(48)63-56-28-13-9-23-49(56)59/h1-36H. The van der Waals surface area contributed by atoms with E-state index in [0.29, 0.717) is 0 Å². The van der Waals surface area contributed by atoms with Gasteiger partial charge in [0.2, 0.25) is 0 Å². The summed E-state index contributed by atoms with van der Waals surface area (Å²) in [6, 6.07) is 79.1. The zero-order valence-electron chi connectivity index (χ0n) is 34.0. The van der Waals surface area contributed by atoms with Gasteiger partial charge in [-0.15, -0.1) is 0 Å². The number of rotatable bonds is 4. The Morgan fingerprint density at radius 1 is 0.381 bits per heavy atom. The number of hydrogen-bond donors (Lipinski definition) is 0. The molecule has 1 spiro atoms. The van der Waals surface area contributed by atoms with Gasteiger partial charge in [-0.2, -0.15) is 0 Å². The van der Waals surface area contributed by atoms with Gasteiger partial charge in [-0.1, -0.05) is 146 Å². The second-order valence-electron chi connectivity index (χ2n) is 16.8. The summed E-state index contributed by atoms with van der Waals surface area (Å²) in [6.45, 7) is 0. The largest absolute Gasteiger partial charge is 0.457 e. The monoisotopic (exact) mass is 804 g/mol. The molecule has 0 saturated carbocycles. The van der Waals surface area contributed by atoms with Gasteiger partial charge in [0, 0.05) is 61.2 Å². The molecule has 0 saturated heterocycles. The number of aromatic nitrogens is 1. The van der Waals surface area contributed by atoms with E-state index in [1.807, 2.05) is 6.07 Å². The third kappa shape index (κ3) is 4.64. The highest BCUT2D eigenvalue weighted by Gasteiger charge is 2.49. The van der Waals surface area contributed by atoms with Crippen molar-refractivity contribution >= 4 is 71.6 Å². The van der Waals surface area contributed by atoms with Gasteiger partial charge in [-0.05, 0) is 94.4 Å². The van der Waals surface area contributed by atoms with Crippen LogP contribution in [0.3, 0.4) is 0 Å². The summed E-state index contributed by atoms with van der Waals surface area (Å²) >= 11 is 0. The fourth-order valence-corrected chi connectivity index (χ4v) is 11.1. The molecular weight excluding hydrogens is 769 g/mol. The molecule has 12 aromatic rings. The van der Waals surface area contributed by atoms with E-state index in [1.54, 1.807) is 0 Å². The lowest BCUT2D eigenvalue weighted by molar-refractivity contribution is 0.435. The third-order valence-corrected chi connectivity index (χ3v) is 13.6. The highest BCUT2D eigenvalue weighted by atomic mass is 16.5. The first-order valence-electron chi connectivity index (χ1n) is 21.6. The summed E-state index contributed by atoms with van der Waals surface area (Å²) in [6.07, 6.45) is 0. The van der Waals surface area contributed by atoms with Crippen molar-refractivity contribution in [3.05, 3.63) is 241 Å². The number of fused-ring (bicyclic) bond motifs is 14. The molecule has 294 valence electrons. The minimum absolute atomic E-state index is 0.624. The Labute approximate surface area is 363 Å². The molecule has 0 N–H and O–H groups in total. The number of hydrogen-bond acceptors (Lipinski definition) is 3. The summed E-state index contributed by atoms with van der Waals surface area (Å²) in [5.74, 6) is 1.76. The van der Waals surface area contributed by atoms with Crippen LogP contribution in [-0.4, -0.2) is 4.57 Å². The number of nitrogens with zero attached hydrogens (tertiary/aromatic N) is 2. The summed E-state index contributed by atoms with van der Waals surface area (Å²) in [5.41, 5.74) is 14.9. The van der Waals surface area contributed by atoms with E-state index in [9.17, 15) is 0 Å². The predicted molar refractivity (Wildman–Crippen MR) is 258 cm³/mol. The minimum Gasteiger partial charge on any atom is -0.457 e. The van der Waals surface area contributed by atoms with E-state index < -0.39 is 5.41 Å². The first-order valence-corrected chi connectivity index (χ1v) is 21.6. The van der Waals surface area contributed by atoms with Crippen LogP contribution in [-0.2, 0) is 5.41 Å². The molecule has 1 aliphatic heterocycles. The first-order chi connectivity index (χ1) is 31.3. The molecule has 3 heterocycles. The van der Waals surface area contributed by atoms with E-state index in [1.165, 1.54) is 43.9 Å². The quantitative estimate of drug-likeness (QED) is 0.178. The highest BCUT2D eigenvalue weighted by Crippen LogP contribution is 2.62.